The first kappa shape index (κ1) is 22.7. The molecule has 0 saturated heterocycles. The highest BCUT2D eigenvalue weighted by Crippen LogP contribution is 2.37. The van der Waals surface area contributed by atoms with Crippen molar-refractivity contribution in [1.29, 1.82) is 0 Å². The third kappa shape index (κ3) is 5.93. The fourth-order valence-corrected chi connectivity index (χ4v) is 3.64. The van der Waals surface area contributed by atoms with E-state index in [4.69, 9.17) is 16.0 Å². The van der Waals surface area contributed by atoms with Gasteiger partial charge in [-0.25, -0.2) is 18.6 Å². The van der Waals surface area contributed by atoms with E-state index in [9.17, 15) is 13.6 Å². The maximum absolute atomic E-state index is 12.6. The van der Waals surface area contributed by atoms with Gasteiger partial charge in [0.05, 0.1) is 12.3 Å². The molecule has 0 radical (unpaired) electrons. The van der Waals surface area contributed by atoms with E-state index in [2.05, 4.69) is 53.9 Å². The van der Waals surface area contributed by atoms with Crippen molar-refractivity contribution in [1.82, 2.24) is 9.36 Å². The van der Waals surface area contributed by atoms with Crippen LogP contribution in [0.2, 0.25) is 23.3 Å². The number of amides is 2. The lowest BCUT2D eigenvalue weighted by Gasteiger charge is -2.36. The molecule has 0 spiro atoms. The van der Waals surface area contributed by atoms with Crippen LogP contribution in [0, 0.1) is 0 Å². The van der Waals surface area contributed by atoms with Crippen LogP contribution in [0.1, 0.15) is 38.5 Å². The molecule has 0 bridgehead atoms. The zero-order valence-corrected chi connectivity index (χ0v) is 18.8. The number of halogens is 3. The number of anilines is 2. The zero-order valence-electron chi connectivity index (χ0n) is 16.3. The van der Waals surface area contributed by atoms with E-state index >= 15 is 0 Å². The van der Waals surface area contributed by atoms with Crippen molar-refractivity contribution in [3.8, 4) is 0 Å². The van der Waals surface area contributed by atoms with E-state index < -0.39 is 20.8 Å². The Morgan fingerprint density at radius 3 is 2.57 bits per heavy atom. The van der Waals surface area contributed by atoms with Crippen LogP contribution < -0.4 is 10.6 Å². The van der Waals surface area contributed by atoms with E-state index in [0.717, 1.165) is 17.6 Å². The summed E-state index contributed by atoms with van der Waals surface area (Å²) in [5.41, 5.74) is 0.729. The van der Waals surface area contributed by atoms with Gasteiger partial charge in [0.15, 0.2) is 8.32 Å². The highest BCUT2D eigenvalue weighted by molar-refractivity contribution is 7.10. The van der Waals surface area contributed by atoms with E-state index in [0.29, 0.717) is 11.3 Å². The number of hydrogen-bond acceptors (Lipinski definition) is 5. The summed E-state index contributed by atoms with van der Waals surface area (Å²) in [5.74, 6) is 0. The zero-order chi connectivity index (χ0) is 21.1. The molecule has 0 aromatic carbocycles. The fraction of sp³-hybridized carbons (Fsp3) is 0.471. The molecule has 0 saturated carbocycles. The third-order valence-electron chi connectivity index (χ3n) is 4.58. The fourth-order valence-electron chi connectivity index (χ4n) is 1.88. The van der Waals surface area contributed by atoms with Gasteiger partial charge in [-0.1, -0.05) is 32.4 Å². The van der Waals surface area contributed by atoms with Crippen LogP contribution in [0.5, 0.6) is 0 Å². The number of nitrogens with one attached hydrogen (secondary N) is 2. The molecule has 0 aliphatic rings. The van der Waals surface area contributed by atoms with Crippen LogP contribution in [0.25, 0.3) is 0 Å². The monoisotopic (exact) mass is 448 g/mol. The second-order valence-electron chi connectivity index (χ2n) is 7.71. The minimum atomic E-state index is -2.69. The van der Waals surface area contributed by atoms with Gasteiger partial charge in [-0.15, -0.1) is 0 Å². The van der Waals surface area contributed by atoms with Crippen molar-refractivity contribution >= 4 is 48.2 Å². The Bertz CT molecular complexity index is 843. The van der Waals surface area contributed by atoms with Gasteiger partial charge in [-0.2, -0.15) is 4.37 Å². The first-order chi connectivity index (χ1) is 12.9. The molecule has 0 fully saturated rings. The van der Waals surface area contributed by atoms with Crippen molar-refractivity contribution < 1.29 is 18.0 Å². The number of carbonyl (C=O) groups is 1. The number of hydrogen-bond donors (Lipinski definition) is 2. The molecule has 6 nitrogen and oxygen atoms in total. The Hall–Kier alpha value is -1.62. The number of pyridine rings is 1. The Labute approximate surface area is 173 Å². The molecule has 11 heteroatoms. The lowest BCUT2D eigenvalue weighted by Crippen LogP contribution is -2.40. The van der Waals surface area contributed by atoms with Gasteiger partial charge in [0.25, 0.3) is 6.43 Å². The quantitative estimate of drug-likeness (QED) is 0.402. The normalized spacial score (nSPS) is 12.3. The summed E-state index contributed by atoms with van der Waals surface area (Å²) in [5, 5.41) is 5.61. The maximum atomic E-state index is 12.6. The largest absolute Gasteiger partial charge is 0.412 e. The van der Waals surface area contributed by atoms with Crippen molar-refractivity contribution in [2.75, 3.05) is 10.6 Å². The van der Waals surface area contributed by atoms with Crippen LogP contribution in [0.15, 0.2) is 18.3 Å². The third-order valence-corrected chi connectivity index (χ3v) is 9.99. The first-order valence-corrected chi connectivity index (χ1v) is 12.6. The highest BCUT2D eigenvalue weighted by atomic mass is 35.5. The van der Waals surface area contributed by atoms with Crippen LogP contribution in [0.4, 0.5) is 24.3 Å². The van der Waals surface area contributed by atoms with Gasteiger partial charge in [0, 0.05) is 17.8 Å². The summed E-state index contributed by atoms with van der Waals surface area (Å²) < 4.78 is 35.0. The molecular formula is C17H23ClF2N4O2SSi. The van der Waals surface area contributed by atoms with E-state index in [1.807, 2.05) is 0 Å². The Kier molecular flexibility index (Phi) is 7.13. The van der Waals surface area contributed by atoms with Crippen LogP contribution >= 0.6 is 23.1 Å². The van der Waals surface area contributed by atoms with Crippen molar-refractivity contribution in [3.63, 3.8) is 0 Å². The van der Waals surface area contributed by atoms with Crippen LogP contribution in [0.3, 0.4) is 0 Å². The van der Waals surface area contributed by atoms with Gasteiger partial charge in [0.2, 0.25) is 0 Å². The first-order valence-electron chi connectivity index (χ1n) is 8.50. The molecule has 2 aromatic rings. The Morgan fingerprint density at radius 1 is 1.32 bits per heavy atom. The molecule has 0 atom stereocenters. The van der Waals surface area contributed by atoms with Crippen LogP contribution in [-0.2, 0) is 11.0 Å². The van der Waals surface area contributed by atoms with Crippen LogP contribution in [-0.4, -0.2) is 23.7 Å². The second kappa shape index (κ2) is 8.81. The average molecular weight is 449 g/mol. The number of aromatic nitrogens is 2. The smallest absolute Gasteiger partial charge is 0.324 e. The van der Waals surface area contributed by atoms with Crippen molar-refractivity contribution in [3.05, 3.63) is 34.7 Å². The molecule has 2 rings (SSSR count). The molecule has 0 unspecified atom stereocenters. The van der Waals surface area contributed by atoms with Gasteiger partial charge in [-0.3, -0.25) is 5.32 Å². The Balaban J connectivity index is 2.09. The molecule has 2 amide bonds. The van der Waals surface area contributed by atoms with E-state index in [-0.39, 0.29) is 27.5 Å². The summed E-state index contributed by atoms with van der Waals surface area (Å²) in [6, 6.07) is 2.05. The lowest BCUT2D eigenvalue weighted by molar-refractivity contribution is 0.147. The number of nitrogens with zero attached hydrogens (tertiary/aromatic N) is 2. The summed E-state index contributed by atoms with van der Waals surface area (Å²) in [4.78, 5) is 16.3. The summed E-state index contributed by atoms with van der Waals surface area (Å²) in [7, 11) is -2.00. The van der Waals surface area contributed by atoms with Gasteiger partial charge in [0.1, 0.15) is 15.8 Å². The molecule has 2 aromatic heterocycles. The summed E-state index contributed by atoms with van der Waals surface area (Å²) in [6.45, 7) is 10.9. The minimum Gasteiger partial charge on any atom is -0.412 e. The molecule has 154 valence electrons. The number of alkyl halides is 2. The number of rotatable bonds is 6. The predicted molar refractivity (Wildman–Crippen MR) is 111 cm³/mol. The van der Waals surface area contributed by atoms with E-state index in [1.54, 1.807) is 6.20 Å². The minimum absolute atomic E-state index is 0.0341. The van der Waals surface area contributed by atoms with Gasteiger partial charge < -0.3 is 9.74 Å². The van der Waals surface area contributed by atoms with Crippen molar-refractivity contribution in [2.45, 2.75) is 51.9 Å². The molecular weight excluding hydrogens is 426 g/mol. The summed E-state index contributed by atoms with van der Waals surface area (Å²) in [6.07, 6.45) is -1.14. The lowest BCUT2D eigenvalue weighted by atomic mass is 10.2. The highest BCUT2D eigenvalue weighted by Gasteiger charge is 2.37. The molecule has 28 heavy (non-hydrogen) atoms. The number of urea groups is 1. The molecule has 2 N–H and O–H groups in total. The average Bonchev–Trinajstić information content (AvgIpc) is 3.01. The second-order valence-corrected chi connectivity index (χ2v) is 13.7. The summed E-state index contributed by atoms with van der Waals surface area (Å²) >= 11 is 6.74. The number of carbonyl (C=O) groups excluding carboxylic acids is 1. The van der Waals surface area contributed by atoms with E-state index in [1.165, 1.54) is 6.07 Å². The van der Waals surface area contributed by atoms with Gasteiger partial charge in [-0.05, 0) is 35.7 Å². The van der Waals surface area contributed by atoms with Crippen molar-refractivity contribution in [2.24, 2.45) is 0 Å². The molecule has 0 aliphatic heterocycles. The Morgan fingerprint density at radius 2 is 2.00 bits per heavy atom. The molecule has 2 heterocycles. The predicted octanol–water partition coefficient (Wildman–Crippen LogP) is 6.29. The van der Waals surface area contributed by atoms with Gasteiger partial charge >= 0.3 is 6.03 Å². The maximum Gasteiger partial charge on any atom is 0.324 e. The SMILES string of the molecule is CC(C)(C)[Si](C)(C)OCc1cnc(Cl)cc1NC(=O)Nc1cc(C(F)F)ns1. The topological polar surface area (TPSA) is 76.1 Å². The standard InChI is InChI=1S/C17H23ClF2N4O2SSi/c1-17(2,3)28(4,5)26-9-10-8-21-13(18)6-11(10)22-16(25)23-14-7-12(15(19)20)24-27-14/h6-8,15H,9H2,1-5H3,(H2,21,22,23,25). The molecule has 0 aliphatic carbocycles.